The molecule has 1 aliphatic carbocycles. The quantitative estimate of drug-likeness (QED) is 0.291. The monoisotopic (exact) mass is 384 g/mol. The molecule has 0 amide bonds. The molecule has 0 unspecified atom stereocenters. The lowest BCUT2D eigenvalue weighted by atomic mass is 9.77. The van der Waals surface area contributed by atoms with Crippen molar-refractivity contribution in [3.8, 4) is 11.3 Å². The maximum absolute atomic E-state index is 6.17. The van der Waals surface area contributed by atoms with Gasteiger partial charge in [0, 0.05) is 5.56 Å². The van der Waals surface area contributed by atoms with E-state index in [1.807, 2.05) is 12.1 Å². The van der Waals surface area contributed by atoms with Crippen molar-refractivity contribution in [3.63, 3.8) is 0 Å². The van der Waals surface area contributed by atoms with Crippen LogP contribution in [0, 0.1) is 5.92 Å². The van der Waals surface area contributed by atoms with Gasteiger partial charge in [0.15, 0.2) is 5.15 Å². The number of hydrogen-bond donors (Lipinski definition) is 0. The molecule has 0 N–H and O–H groups in total. The maximum Gasteiger partial charge on any atom is 0.156 e. The predicted molar refractivity (Wildman–Crippen MR) is 114 cm³/mol. The van der Waals surface area contributed by atoms with Gasteiger partial charge in [0.05, 0.1) is 10.9 Å². The van der Waals surface area contributed by atoms with Gasteiger partial charge in [-0.3, -0.25) is 0 Å². The second-order valence-electron chi connectivity index (χ2n) is 7.19. The van der Waals surface area contributed by atoms with Gasteiger partial charge in [0.1, 0.15) is 5.69 Å². The Balaban J connectivity index is 1.66. The Hall–Kier alpha value is -1.54. The highest BCUT2D eigenvalue weighted by molar-refractivity contribution is 7.78. The zero-order valence-electron chi connectivity index (χ0n) is 15.2. The average molecular weight is 385 g/mol. The first-order valence-electron chi connectivity index (χ1n) is 9.56. The fourth-order valence-electron chi connectivity index (χ4n) is 3.92. The van der Waals surface area contributed by atoms with E-state index in [0.717, 1.165) is 17.2 Å². The Morgan fingerprint density at radius 2 is 1.85 bits per heavy atom. The molecule has 1 aromatic carbocycles. The van der Waals surface area contributed by atoms with Crippen LogP contribution in [0.2, 0.25) is 5.15 Å². The van der Waals surface area contributed by atoms with E-state index in [9.17, 15) is 0 Å². The van der Waals surface area contributed by atoms with Crippen LogP contribution < -0.4 is 0 Å². The minimum absolute atomic E-state index is 0.356. The van der Waals surface area contributed by atoms with Crippen LogP contribution in [0.15, 0.2) is 41.4 Å². The first-order valence-corrected chi connectivity index (χ1v) is 10.3. The van der Waals surface area contributed by atoms with Crippen LogP contribution >= 0.6 is 23.8 Å². The third kappa shape index (κ3) is 4.79. The summed E-state index contributed by atoms with van der Waals surface area (Å²) in [6.45, 7) is 2.29. The molecule has 0 saturated heterocycles. The highest BCUT2D eigenvalue weighted by atomic mass is 35.5. The summed E-state index contributed by atoms with van der Waals surface area (Å²) >= 11 is 10.8. The molecule has 0 radical (unpaired) electrons. The molecule has 136 valence electrons. The molecule has 0 bridgehead atoms. The second-order valence-corrected chi connectivity index (χ2v) is 7.73. The minimum atomic E-state index is 0.356. The Kier molecular flexibility index (Phi) is 6.96. The van der Waals surface area contributed by atoms with E-state index in [-0.39, 0.29) is 0 Å². The van der Waals surface area contributed by atoms with E-state index in [4.69, 9.17) is 11.6 Å². The fraction of sp³-hybridized carbons (Fsp3) is 0.455. The average Bonchev–Trinajstić information content (AvgIpc) is 2.69. The van der Waals surface area contributed by atoms with Crippen molar-refractivity contribution in [1.82, 2.24) is 4.98 Å². The molecule has 1 heterocycles. The number of halogens is 1. The molecule has 0 atom stereocenters. The molecule has 2 nitrogen and oxygen atoms in total. The van der Waals surface area contributed by atoms with Crippen molar-refractivity contribution in [3.05, 3.63) is 47.1 Å². The largest absolute Gasteiger partial charge is 0.234 e. The van der Waals surface area contributed by atoms with E-state index in [0.29, 0.717) is 16.8 Å². The third-order valence-corrected chi connectivity index (χ3v) is 5.86. The van der Waals surface area contributed by atoms with Crippen molar-refractivity contribution in [2.45, 2.75) is 57.8 Å². The van der Waals surface area contributed by atoms with Crippen molar-refractivity contribution in [2.75, 3.05) is 0 Å². The van der Waals surface area contributed by atoms with Crippen LogP contribution in [0.1, 0.15) is 63.4 Å². The van der Waals surface area contributed by atoms with Crippen LogP contribution in [-0.2, 0) is 0 Å². The molecule has 1 aliphatic rings. The molecule has 0 spiro atoms. The number of thiocarbonyl (C=S) groups is 1. The number of nitrogens with zero attached hydrogens (tertiary/aromatic N) is 2. The Labute approximate surface area is 166 Å². The van der Waals surface area contributed by atoms with Crippen LogP contribution in [-0.4, -0.2) is 10.1 Å². The number of pyridine rings is 1. The van der Waals surface area contributed by atoms with Crippen LogP contribution in [0.4, 0.5) is 5.69 Å². The van der Waals surface area contributed by atoms with E-state index in [1.165, 1.54) is 50.5 Å². The Bertz CT molecular complexity index is 773. The number of benzene rings is 1. The van der Waals surface area contributed by atoms with Gasteiger partial charge in [-0.15, -0.1) is 0 Å². The van der Waals surface area contributed by atoms with E-state index in [1.54, 1.807) is 0 Å². The summed E-state index contributed by atoms with van der Waals surface area (Å²) < 4.78 is 0. The summed E-state index contributed by atoms with van der Waals surface area (Å²) in [6, 6.07) is 12.6. The van der Waals surface area contributed by atoms with Crippen LogP contribution in [0.25, 0.3) is 11.3 Å². The topological polar surface area (TPSA) is 25.2 Å². The predicted octanol–water partition coefficient (Wildman–Crippen LogP) is 7.60. The first kappa shape index (κ1) is 19.2. The molecule has 3 rings (SSSR count). The second kappa shape index (κ2) is 9.41. The molecule has 26 heavy (non-hydrogen) atoms. The molecular weight excluding hydrogens is 360 g/mol. The van der Waals surface area contributed by atoms with Crippen LogP contribution in [0.3, 0.4) is 0 Å². The van der Waals surface area contributed by atoms with Gasteiger partial charge < -0.3 is 0 Å². The van der Waals surface area contributed by atoms with Gasteiger partial charge in [-0.25, -0.2) is 4.98 Å². The summed E-state index contributed by atoms with van der Waals surface area (Å²) in [7, 11) is 0. The third-order valence-electron chi connectivity index (χ3n) is 5.49. The van der Waals surface area contributed by atoms with E-state index in [2.05, 4.69) is 58.5 Å². The lowest BCUT2D eigenvalue weighted by molar-refractivity contribution is 0.304. The number of rotatable bonds is 6. The summed E-state index contributed by atoms with van der Waals surface area (Å²) in [5, 5.41) is 2.68. The number of aromatic nitrogens is 1. The number of aliphatic imine (C=N–C) groups is 1. The lowest BCUT2D eigenvalue weighted by Crippen LogP contribution is -2.13. The molecular formula is C22H25ClN2S. The Morgan fingerprint density at radius 1 is 1.12 bits per heavy atom. The van der Waals surface area contributed by atoms with Crippen molar-refractivity contribution in [2.24, 2.45) is 10.9 Å². The highest BCUT2D eigenvalue weighted by Crippen LogP contribution is 2.38. The van der Waals surface area contributed by atoms with Crippen molar-refractivity contribution in [1.29, 1.82) is 0 Å². The van der Waals surface area contributed by atoms with Gasteiger partial charge in [-0.05, 0) is 67.4 Å². The van der Waals surface area contributed by atoms with E-state index >= 15 is 0 Å². The zero-order chi connectivity index (χ0) is 18.4. The minimum Gasteiger partial charge on any atom is -0.234 e. The van der Waals surface area contributed by atoms with Gasteiger partial charge in [0.2, 0.25) is 0 Å². The molecule has 4 heteroatoms. The van der Waals surface area contributed by atoms with E-state index < -0.39 is 0 Å². The van der Waals surface area contributed by atoms with Gasteiger partial charge >= 0.3 is 0 Å². The molecule has 1 saturated carbocycles. The normalized spacial score (nSPS) is 19.8. The number of unbranched alkanes of at least 4 members (excludes halogenated alkanes) is 1. The molecule has 0 aliphatic heterocycles. The molecule has 1 aromatic heterocycles. The highest BCUT2D eigenvalue weighted by Gasteiger charge is 2.22. The van der Waals surface area contributed by atoms with Gasteiger partial charge in [-0.1, -0.05) is 62.1 Å². The number of isothiocyanates is 1. The lowest BCUT2D eigenvalue weighted by Gasteiger charge is -2.29. The molecule has 2 aromatic rings. The molecule has 1 fully saturated rings. The number of hydrogen-bond acceptors (Lipinski definition) is 3. The van der Waals surface area contributed by atoms with Gasteiger partial charge in [-0.2, -0.15) is 4.99 Å². The summed E-state index contributed by atoms with van der Waals surface area (Å²) in [4.78, 5) is 8.34. The maximum atomic E-state index is 6.17. The SMILES string of the molecule is CCCCC1CCC(c2ccc(-c3ccc(N=C=S)c(Cl)n3)cc2)CC1. The standard InChI is InChI=1S/C22H25ClN2S/c1-2-3-4-16-5-7-17(8-6-16)18-9-11-19(12-10-18)20-13-14-21(24-15-26)22(23)25-20/h9-14,16-17H,2-8H2,1H3. The Morgan fingerprint density at radius 3 is 2.46 bits per heavy atom. The summed E-state index contributed by atoms with van der Waals surface area (Å²) in [6.07, 6.45) is 9.52. The summed E-state index contributed by atoms with van der Waals surface area (Å²) in [5.74, 6) is 1.66. The van der Waals surface area contributed by atoms with Crippen molar-refractivity contribution < 1.29 is 0 Å². The van der Waals surface area contributed by atoms with Crippen LogP contribution in [0.5, 0.6) is 0 Å². The first-order chi connectivity index (χ1) is 12.7. The van der Waals surface area contributed by atoms with Crippen molar-refractivity contribution >= 4 is 34.7 Å². The summed E-state index contributed by atoms with van der Waals surface area (Å²) in [5.41, 5.74) is 3.94. The van der Waals surface area contributed by atoms with Gasteiger partial charge in [0.25, 0.3) is 0 Å². The fourth-order valence-corrected chi connectivity index (χ4v) is 4.22. The zero-order valence-corrected chi connectivity index (χ0v) is 16.8. The smallest absolute Gasteiger partial charge is 0.156 e.